The monoisotopic (exact) mass is 286 g/mol. The van der Waals surface area contributed by atoms with Gasteiger partial charge in [-0.25, -0.2) is 8.78 Å². The van der Waals surface area contributed by atoms with Gasteiger partial charge in [-0.3, -0.25) is 0 Å². The molecule has 19 heavy (non-hydrogen) atoms. The van der Waals surface area contributed by atoms with E-state index in [1.165, 1.54) is 6.07 Å². The average Bonchev–Trinajstić information content (AvgIpc) is 2.42. The molecule has 0 radical (unpaired) electrons. The molecular weight excluding hydrogens is 262 g/mol. The first-order valence-electron chi connectivity index (χ1n) is 7.06. The molecule has 0 aliphatic heterocycles. The molecule has 1 rings (SSSR count). The summed E-state index contributed by atoms with van der Waals surface area (Å²) < 4.78 is 32.0. The Hall–Kier alpha value is -0.743. The predicted octanol–water partition coefficient (Wildman–Crippen LogP) is 3.53. The van der Waals surface area contributed by atoms with Gasteiger partial charge in [0.2, 0.25) is 0 Å². The molecule has 1 aromatic carbocycles. The summed E-state index contributed by atoms with van der Waals surface area (Å²) in [4.78, 5) is 0. The van der Waals surface area contributed by atoms with Crippen LogP contribution in [0.15, 0.2) is 18.2 Å². The SMILES string of the molecule is CCC(CC)(CCCCc1ccc(F)cc1F)O[SiH3]. The summed E-state index contributed by atoms with van der Waals surface area (Å²) in [5.74, 6) is -0.946. The molecule has 0 aromatic heterocycles. The van der Waals surface area contributed by atoms with E-state index in [0.29, 0.717) is 12.0 Å². The Morgan fingerprint density at radius 3 is 2.37 bits per heavy atom. The molecule has 0 unspecified atom stereocenters. The number of benzene rings is 1. The molecule has 4 heteroatoms. The fourth-order valence-corrected chi connectivity index (χ4v) is 3.26. The molecule has 0 fully saturated rings. The van der Waals surface area contributed by atoms with E-state index in [9.17, 15) is 8.78 Å². The first kappa shape index (κ1) is 16.3. The lowest BCUT2D eigenvalue weighted by Gasteiger charge is -2.31. The first-order chi connectivity index (χ1) is 9.06. The first-order valence-corrected chi connectivity index (χ1v) is 7.87. The average molecular weight is 286 g/mol. The maximum atomic E-state index is 13.5. The second kappa shape index (κ2) is 7.75. The molecule has 0 bridgehead atoms. The van der Waals surface area contributed by atoms with Crippen molar-refractivity contribution in [2.75, 3.05) is 0 Å². The number of hydrogen-bond acceptors (Lipinski definition) is 1. The number of hydrogen-bond donors (Lipinski definition) is 0. The zero-order chi connectivity index (χ0) is 14.3. The molecule has 0 aliphatic carbocycles. The number of aryl methyl sites for hydroxylation is 1. The fourth-order valence-electron chi connectivity index (χ4n) is 2.48. The zero-order valence-electron chi connectivity index (χ0n) is 12.1. The van der Waals surface area contributed by atoms with E-state index in [4.69, 9.17) is 4.43 Å². The van der Waals surface area contributed by atoms with Gasteiger partial charge in [-0.05, 0) is 43.7 Å². The van der Waals surface area contributed by atoms with E-state index in [1.807, 2.05) is 0 Å². The van der Waals surface area contributed by atoms with Gasteiger partial charge in [-0.1, -0.05) is 26.3 Å². The standard InChI is InChI=1S/C15H24F2OSi/c1-3-15(4-2,18-19)10-6-5-7-12-8-9-13(16)11-14(12)17/h8-9,11H,3-7,10H2,1-2,19H3. The van der Waals surface area contributed by atoms with Crippen LogP contribution in [0.3, 0.4) is 0 Å². The van der Waals surface area contributed by atoms with Crippen molar-refractivity contribution < 1.29 is 13.2 Å². The number of unbranched alkanes of at least 4 members (excludes halogenated alkanes) is 1. The minimum absolute atomic E-state index is 0.0214. The number of rotatable bonds is 8. The fraction of sp³-hybridized carbons (Fsp3) is 0.600. The van der Waals surface area contributed by atoms with Crippen molar-refractivity contribution in [1.29, 1.82) is 0 Å². The van der Waals surface area contributed by atoms with E-state index in [0.717, 1.165) is 48.7 Å². The summed E-state index contributed by atoms with van der Waals surface area (Å²) in [6.07, 6.45) is 5.66. The summed E-state index contributed by atoms with van der Waals surface area (Å²) in [6.45, 7) is 4.31. The third-order valence-electron chi connectivity index (χ3n) is 4.07. The van der Waals surface area contributed by atoms with Crippen LogP contribution in [0.25, 0.3) is 0 Å². The van der Waals surface area contributed by atoms with E-state index in [-0.39, 0.29) is 5.60 Å². The summed E-state index contributed by atoms with van der Waals surface area (Å²) in [5, 5.41) is 0. The third kappa shape index (κ3) is 4.69. The third-order valence-corrected chi connectivity index (χ3v) is 4.93. The topological polar surface area (TPSA) is 9.23 Å². The molecule has 0 aliphatic rings. The highest BCUT2D eigenvalue weighted by molar-refractivity contribution is 5.98. The van der Waals surface area contributed by atoms with Crippen LogP contribution in [-0.2, 0) is 10.8 Å². The van der Waals surface area contributed by atoms with Crippen LogP contribution in [0.5, 0.6) is 0 Å². The Morgan fingerprint density at radius 1 is 1.16 bits per heavy atom. The van der Waals surface area contributed by atoms with Crippen molar-refractivity contribution in [3.05, 3.63) is 35.4 Å². The largest absolute Gasteiger partial charge is 0.422 e. The molecular formula is C15H24F2OSi. The molecule has 0 atom stereocenters. The molecule has 0 saturated heterocycles. The Labute approximate surface area is 117 Å². The van der Waals surface area contributed by atoms with Crippen molar-refractivity contribution in [1.82, 2.24) is 0 Å². The van der Waals surface area contributed by atoms with Crippen LogP contribution in [0, 0.1) is 11.6 Å². The van der Waals surface area contributed by atoms with Crippen LogP contribution in [-0.4, -0.2) is 16.1 Å². The molecule has 0 N–H and O–H groups in total. The Balaban J connectivity index is 2.42. The van der Waals surface area contributed by atoms with Crippen molar-refractivity contribution in [2.45, 2.75) is 58.0 Å². The lowest BCUT2D eigenvalue weighted by atomic mass is 9.90. The van der Waals surface area contributed by atoms with Gasteiger partial charge in [0.05, 0.1) is 5.60 Å². The Morgan fingerprint density at radius 2 is 1.84 bits per heavy atom. The van der Waals surface area contributed by atoms with E-state index >= 15 is 0 Å². The lowest BCUT2D eigenvalue weighted by Crippen LogP contribution is -2.30. The highest BCUT2D eigenvalue weighted by Gasteiger charge is 2.23. The van der Waals surface area contributed by atoms with Gasteiger partial charge in [-0.15, -0.1) is 0 Å². The summed E-state index contributed by atoms with van der Waals surface area (Å²) >= 11 is 0. The van der Waals surface area contributed by atoms with Gasteiger partial charge in [0.25, 0.3) is 0 Å². The van der Waals surface area contributed by atoms with Gasteiger partial charge in [-0.2, -0.15) is 0 Å². The van der Waals surface area contributed by atoms with Crippen LogP contribution >= 0.6 is 0 Å². The van der Waals surface area contributed by atoms with Crippen molar-refractivity contribution in [2.24, 2.45) is 0 Å². The van der Waals surface area contributed by atoms with Crippen molar-refractivity contribution in [3.8, 4) is 0 Å². The smallest absolute Gasteiger partial charge is 0.146 e. The molecule has 0 heterocycles. The van der Waals surface area contributed by atoms with Gasteiger partial charge < -0.3 is 4.43 Å². The van der Waals surface area contributed by atoms with Gasteiger partial charge >= 0.3 is 0 Å². The Kier molecular flexibility index (Phi) is 6.65. The van der Waals surface area contributed by atoms with Crippen molar-refractivity contribution >= 4 is 10.5 Å². The van der Waals surface area contributed by atoms with Gasteiger partial charge in [0, 0.05) is 6.07 Å². The van der Waals surface area contributed by atoms with E-state index in [1.54, 1.807) is 6.07 Å². The maximum Gasteiger partial charge on any atom is 0.146 e. The minimum atomic E-state index is -0.512. The second-order valence-electron chi connectivity index (χ2n) is 5.04. The second-order valence-corrected chi connectivity index (χ2v) is 5.45. The molecule has 108 valence electrons. The maximum absolute atomic E-state index is 13.5. The van der Waals surface area contributed by atoms with Gasteiger partial charge in [0.1, 0.15) is 22.1 Å². The minimum Gasteiger partial charge on any atom is -0.422 e. The highest BCUT2D eigenvalue weighted by atomic mass is 28.2. The predicted molar refractivity (Wildman–Crippen MR) is 78.3 cm³/mol. The normalized spacial score (nSPS) is 12.0. The van der Waals surface area contributed by atoms with Crippen LogP contribution in [0.1, 0.15) is 51.5 Å². The van der Waals surface area contributed by atoms with Gasteiger partial charge in [0.15, 0.2) is 0 Å². The summed E-state index contributed by atoms with van der Waals surface area (Å²) in [6, 6.07) is 3.82. The quantitative estimate of drug-likeness (QED) is 0.525. The molecule has 0 spiro atoms. The summed E-state index contributed by atoms with van der Waals surface area (Å²) in [7, 11) is 0.755. The zero-order valence-corrected chi connectivity index (χ0v) is 14.1. The molecule has 0 saturated carbocycles. The molecule has 0 amide bonds. The van der Waals surface area contributed by atoms with Crippen LogP contribution in [0.4, 0.5) is 8.78 Å². The molecule has 1 aromatic rings. The lowest BCUT2D eigenvalue weighted by molar-refractivity contribution is 0.0585. The number of halogens is 2. The van der Waals surface area contributed by atoms with Crippen LogP contribution < -0.4 is 0 Å². The summed E-state index contributed by atoms with van der Waals surface area (Å²) in [5.41, 5.74) is 0.625. The van der Waals surface area contributed by atoms with Crippen LogP contribution in [0.2, 0.25) is 0 Å². The Bertz CT molecular complexity index is 383. The molecule has 1 nitrogen and oxygen atoms in total. The van der Waals surface area contributed by atoms with E-state index < -0.39 is 11.6 Å². The van der Waals surface area contributed by atoms with E-state index in [2.05, 4.69) is 13.8 Å². The highest BCUT2D eigenvalue weighted by Crippen LogP contribution is 2.26. The van der Waals surface area contributed by atoms with Crippen molar-refractivity contribution in [3.63, 3.8) is 0 Å².